The summed E-state index contributed by atoms with van der Waals surface area (Å²) in [5.41, 5.74) is 9.39. The molecule has 1 aliphatic carbocycles. The van der Waals surface area contributed by atoms with E-state index in [2.05, 4.69) is 28.8 Å². The first-order valence-electron chi connectivity index (χ1n) is 13.8. The van der Waals surface area contributed by atoms with Gasteiger partial charge in [-0.3, -0.25) is 9.59 Å². The Morgan fingerprint density at radius 1 is 1.07 bits per heavy atom. The van der Waals surface area contributed by atoms with Gasteiger partial charge in [-0.15, -0.1) is 0 Å². The minimum absolute atomic E-state index is 0.154. The van der Waals surface area contributed by atoms with Gasteiger partial charge in [-0.1, -0.05) is 19.4 Å². The zero-order valence-electron chi connectivity index (χ0n) is 23.5. The molecule has 2 N–H and O–H groups in total. The maximum Gasteiger partial charge on any atom is 0.291 e. The van der Waals surface area contributed by atoms with Gasteiger partial charge in [0.2, 0.25) is 5.91 Å². The molecular weight excluding hydrogens is 506 g/mol. The van der Waals surface area contributed by atoms with Crippen LogP contribution in [0.5, 0.6) is 5.75 Å². The van der Waals surface area contributed by atoms with Crippen LogP contribution < -0.4 is 15.5 Å². The van der Waals surface area contributed by atoms with E-state index in [1.165, 1.54) is 0 Å². The summed E-state index contributed by atoms with van der Waals surface area (Å²) in [6, 6.07) is 11.4. The molecule has 2 aromatic carbocycles. The van der Waals surface area contributed by atoms with Crippen molar-refractivity contribution in [3.8, 4) is 5.75 Å². The number of nitrogens with zero attached hydrogens (tertiary/aromatic N) is 1. The fraction of sp³-hybridized carbons (Fsp3) is 0.344. The van der Waals surface area contributed by atoms with Crippen molar-refractivity contribution in [2.24, 2.45) is 5.10 Å². The summed E-state index contributed by atoms with van der Waals surface area (Å²) < 4.78 is 17.4. The average Bonchev–Trinajstić information content (AvgIpc) is 3.49. The Hall–Kier alpha value is -4.33. The van der Waals surface area contributed by atoms with Gasteiger partial charge >= 0.3 is 0 Å². The predicted molar refractivity (Wildman–Crippen MR) is 155 cm³/mol. The van der Waals surface area contributed by atoms with Crippen molar-refractivity contribution in [1.82, 2.24) is 5.43 Å². The van der Waals surface area contributed by atoms with Crippen molar-refractivity contribution in [2.75, 3.05) is 11.9 Å². The Balaban J connectivity index is 1.27. The molecule has 0 atom stereocenters. The fourth-order valence-electron chi connectivity index (χ4n) is 5.25. The van der Waals surface area contributed by atoms with Crippen LogP contribution in [0.3, 0.4) is 0 Å². The second kappa shape index (κ2) is 11.8. The van der Waals surface area contributed by atoms with Gasteiger partial charge in [0.15, 0.2) is 5.76 Å². The zero-order valence-corrected chi connectivity index (χ0v) is 23.5. The van der Waals surface area contributed by atoms with Gasteiger partial charge in [0.1, 0.15) is 17.1 Å². The van der Waals surface area contributed by atoms with Crippen molar-refractivity contribution in [3.63, 3.8) is 0 Å². The lowest BCUT2D eigenvalue weighted by Gasteiger charge is -2.13. The van der Waals surface area contributed by atoms with Crippen LogP contribution in [0.1, 0.15) is 76.7 Å². The van der Waals surface area contributed by atoms with Crippen LogP contribution in [0.4, 0.5) is 5.69 Å². The van der Waals surface area contributed by atoms with Gasteiger partial charge in [-0.2, -0.15) is 5.10 Å². The summed E-state index contributed by atoms with van der Waals surface area (Å²) in [7, 11) is 0. The summed E-state index contributed by atoms with van der Waals surface area (Å²) in [6.07, 6.45) is 6.07. The minimum Gasteiger partial charge on any atom is -0.494 e. The van der Waals surface area contributed by atoms with Crippen molar-refractivity contribution in [1.29, 1.82) is 0 Å². The molecule has 0 saturated heterocycles. The molecule has 0 saturated carbocycles. The molecular formula is C32H35N3O5. The fourth-order valence-corrected chi connectivity index (χ4v) is 5.25. The molecule has 2 heterocycles. The normalized spacial score (nSPS) is 13.8. The highest BCUT2D eigenvalue weighted by atomic mass is 16.5. The van der Waals surface area contributed by atoms with E-state index in [0.717, 1.165) is 58.2 Å². The van der Waals surface area contributed by atoms with E-state index < -0.39 is 0 Å². The lowest BCUT2D eigenvalue weighted by Crippen LogP contribution is -2.23. The molecule has 208 valence electrons. The van der Waals surface area contributed by atoms with Crippen LogP contribution in [0, 0.1) is 20.8 Å². The van der Waals surface area contributed by atoms with Crippen molar-refractivity contribution in [3.05, 3.63) is 82.0 Å². The Kier molecular flexibility index (Phi) is 8.05. The molecule has 8 heteroatoms. The standard InChI is InChI=1S/C32H35N3O5/c1-5-6-14-38-24-12-10-23(11-13-24)33-32(37)31-21(4)30-25(8-7-9-26(30)40-31)34-35-28(36)17-22-18-39-27-16-19(2)15-20(3)29(22)27/h10-13,15-16,18H,5-9,14,17H2,1-4H3,(H,33,37)(H,35,36)/b34-25+. The van der Waals surface area contributed by atoms with Gasteiger partial charge in [-0.05, 0) is 81.5 Å². The number of carbonyl (C=O) groups excluding carboxylic acids is 2. The molecule has 0 bridgehead atoms. The Bertz CT molecular complexity index is 1580. The number of ether oxygens (including phenoxy) is 1. The van der Waals surface area contributed by atoms with Gasteiger partial charge in [0.25, 0.3) is 5.91 Å². The number of benzene rings is 2. The first-order chi connectivity index (χ1) is 19.3. The maximum absolute atomic E-state index is 13.1. The number of hydrogen-bond acceptors (Lipinski definition) is 6. The van der Waals surface area contributed by atoms with Crippen LogP contribution >= 0.6 is 0 Å². The SMILES string of the molecule is CCCCOc1ccc(NC(=O)c2oc3c(c2C)/C(=N/NC(=O)Cc2coc4cc(C)cc(C)c24)CCC3)cc1. The summed E-state index contributed by atoms with van der Waals surface area (Å²) in [5, 5.41) is 8.33. The molecule has 0 radical (unpaired) electrons. The third kappa shape index (κ3) is 5.81. The lowest BCUT2D eigenvalue weighted by molar-refractivity contribution is -0.120. The molecule has 0 spiro atoms. The van der Waals surface area contributed by atoms with Crippen LogP contribution in [-0.4, -0.2) is 24.1 Å². The number of carbonyl (C=O) groups is 2. The number of anilines is 1. The number of aryl methyl sites for hydroxylation is 3. The number of unbranched alkanes of at least 4 members (excludes halogenated alkanes) is 1. The molecule has 5 rings (SSSR count). The summed E-state index contributed by atoms with van der Waals surface area (Å²) in [6.45, 7) is 8.68. The quantitative estimate of drug-likeness (QED) is 0.179. The lowest BCUT2D eigenvalue weighted by atomic mass is 9.93. The molecule has 8 nitrogen and oxygen atoms in total. The molecule has 40 heavy (non-hydrogen) atoms. The number of hydrogen-bond donors (Lipinski definition) is 2. The number of rotatable bonds is 9. The van der Waals surface area contributed by atoms with Crippen molar-refractivity contribution < 1.29 is 23.2 Å². The highest BCUT2D eigenvalue weighted by Gasteiger charge is 2.28. The second-order valence-corrected chi connectivity index (χ2v) is 10.4. The van der Waals surface area contributed by atoms with E-state index in [1.54, 1.807) is 6.26 Å². The van der Waals surface area contributed by atoms with Crippen molar-refractivity contribution in [2.45, 2.75) is 66.2 Å². The van der Waals surface area contributed by atoms with Crippen LogP contribution in [0.2, 0.25) is 0 Å². The molecule has 1 aliphatic rings. The third-order valence-electron chi connectivity index (χ3n) is 7.17. The van der Waals surface area contributed by atoms with E-state index in [1.807, 2.05) is 51.1 Å². The minimum atomic E-state index is -0.327. The largest absolute Gasteiger partial charge is 0.494 e. The summed E-state index contributed by atoms with van der Waals surface area (Å²) in [4.78, 5) is 25.9. The smallest absolute Gasteiger partial charge is 0.291 e. The Labute approximate surface area is 233 Å². The molecule has 4 aromatic rings. The van der Waals surface area contributed by atoms with Crippen LogP contribution in [0.25, 0.3) is 11.0 Å². The predicted octanol–water partition coefficient (Wildman–Crippen LogP) is 6.78. The van der Waals surface area contributed by atoms with Gasteiger partial charge in [0, 0.05) is 34.2 Å². The molecule has 0 unspecified atom stereocenters. The van der Waals surface area contributed by atoms with Gasteiger partial charge in [-0.25, -0.2) is 5.43 Å². The monoisotopic (exact) mass is 541 g/mol. The molecule has 0 aliphatic heterocycles. The first kappa shape index (κ1) is 27.2. The Morgan fingerprint density at radius 3 is 2.65 bits per heavy atom. The van der Waals surface area contributed by atoms with E-state index in [0.29, 0.717) is 42.2 Å². The highest BCUT2D eigenvalue weighted by Crippen LogP contribution is 2.31. The molecule has 2 amide bonds. The molecule has 2 aromatic heterocycles. The number of amides is 2. The third-order valence-corrected chi connectivity index (χ3v) is 7.17. The van der Waals surface area contributed by atoms with Crippen LogP contribution in [-0.2, 0) is 17.6 Å². The van der Waals surface area contributed by atoms with Gasteiger partial charge < -0.3 is 18.9 Å². The topological polar surface area (TPSA) is 106 Å². The zero-order chi connectivity index (χ0) is 28.2. The summed E-state index contributed by atoms with van der Waals surface area (Å²) in [5.74, 6) is 1.18. The number of nitrogens with one attached hydrogen (secondary N) is 2. The van der Waals surface area contributed by atoms with E-state index in [9.17, 15) is 9.59 Å². The maximum atomic E-state index is 13.1. The van der Waals surface area contributed by atoms with E-state index >= 15 is 0 Å². The second-order valence-electron chi connectivity index (χ2n) is 10.4. The number of fused-ring (bicyclic) bond motifs is 2. The van der Waals surface area contributed by atoms with Crippen LogP contribution in [0.15, 0.2) is 56.6 Å². The first-order valence-corrected chi connectivity index (χ1v) is 13.8. The molecule has 0 fully saturated rings. The number of hydrazone groups is 1. The van der Waals surface area contributed by atoms with Gasteiger partial charge in [0.05, 0.1) is 25.0 Å². The van der Waals surface area contributed by atoms with Crippen molar-refractivity contribution >= 4 is 34.2 Å². The highest BCUT2D eigenvalue weighted by molar-refractivity contribution is 6.09. The van der Waals surface area contributed by atoms with E-state index in [-0.39, 0.29) is 24.0 Å². The Morgan fingerprint density at radius 2 is 1.88 bits per heavy atom. The average molecular weight is 542 g/mol. The summed E-state index contributed by atoms with van der Waals surface area (Å²) >= 11 is 0. The number of furan rings is 2. The van der Waals surface area contributed by atoms with E-state index in [4.69, 9.17) is 13.6 Å².